The summed E-state index contributed by atoms with van der Waals surface area (Å²) in [7, 11) is -13.0. The molecule has 0 amide bonds. The van der Waals surface area contributed by atoms with Gasteiger partial charge in [0.25, 0.3) is 0 Å². The van der Waals surface area contributed by atoms with Crippen LogP contribution in [0.1, 0.15) is 11.1 Å². The van der Waals surface area contributed by atoms with Crippen LogP contribution in [0.25, 0.3) is 0 Å². The van der Waals surface area contributed by atoms with Gasteiger partial charge in [0.05, 0.1) is 5.56 Å². The second-order valence-electron chi connectivity index (χ2n) is 4.01. The van der Waals surface area contributed by atoms with Gasteiger partial charge >= 0.3 is 31.3 Å². The number of rotatable bonds is 4. The standard InChI is InChI=1S/C10H2F6N2O6S2/c11-9(12,13)25(19,20)23-7-2-1-5(3-17)6(4-18)8(7)24-26(21,22)10(14,15)16/h1-2H. The highest BCUT2D eigenvalue weighted by Crippen LogP contribution is 2.39. The highest BCUT2D eigenvalue weighted by molar-refractivity contribution is 7.88. The van der Waals surface area contributed by atoms with Gasteiger partial charge in [-0.1, -0.05) is 0 Å². The molecule has 0 spiro atoms. The minimum Gasteiger partial charge on any atom is -0.372 e. The molecule has 1 rings (SSSR count). The fourth-order valence-electron chi connectivity index (χ4n) is 1.24. The zero-order chi connectivity index (χ0) is 20.6. The van der Waals surface area contributed by atoms with E-state index < -0.39 is 53.9 Å². The van der Waals surface area contributed by atoms with Crippen molar-refractivity contribution in [1.82, 2.24) is 0 Å². The Morgan fingerprint density at radius 1 is 0.808 bits per heavy atom. The maximum atomic E-state index is 12.4. The topological polar surface area (TPSA) is 134 Å². The van der Waals surface area contributed by atoms with Crippen molar-refractivity contribution < 1.29 is 51.5 Å². The number of halogens is 6. The molecule has 1 aromatic carbocycles. The summed E-state index contributed by atoms with van der Waals surface area (Å²) in [4.78, 5) is 0. The van der Waals surface area contributed by atoms with Crippen LogP contribution in [0.4, 0.5) is 26.3 Å². The Balaban J connectivity index is 3.71. The smallest absolute Gasteiger partial charge is 0.372 e. The van der Waals surface area contributed by atoms with Crippen molar-refractivity contribution in [3.8, 4) is 23.6 Å². The van der Waals surface area contributed by atoms with Crippen LogP contribution < -0.4 is 8.37 Å². The van der Waals surface area contributed by atoms with E-state index in [1.165, 1.54) is 6.07 Å². The van der Waals surface area contributed by atoms with Gasteiger partial charge in [0.1, 0.15) is 17.7 Å². The Labute approximate surface area is 141 Å². The van der Waals surface area contributed by atoms with E-state index in [2.05, 4.69) is 8.37 Å². The first-order valence-electron chi connectivity index (χ1n) is 5.56. The third-order valence-corrected chi connectivity index (χ3v) is 4.23. The quantitative estimate of drug-likeness (QED) is 0.406. The Morgan fingerprint density at radius 2 is 1.27 bits per heavy atom. The number of hydrogen-bond acceptors (Lipinski definition) is 8. The van der Waals surface area contributed by atoms with E-state index >= 15 is 0 Å². The van der Waals surface area contributed by atoms with Gasteiger partial charge < -0.3 is 8.37 Å². The average molecular weight is 424 g/mol. The van der Waals surface area contributed by atoms with Crippen LogP contribution in [-0.4, -0.2) is 27.9 Å². The summed E-state index contributed by atoms with van der Waals surface area (Å²) in [5.74, 6) is -3.55. The summed E-state index contributed by atoms with van der Waals surface area (Å²) in [5, 5.41) is 17.5. The summed E-state index contributed by atoms with van der Waals surface area (Å²) in [5.41, 5.74) is -14.2. The van der Waals surface area contributed by atoms with Crippen molar-refractivity contribution in [2.24, 2.45) is 0 Å². The molecule has 1 aromatic rings. The van der Waals surface area contributed by atoms with Gasteiger partial charge in [-0.25, -0.2) is 0 Å². The highest BCUT2D eigenvalue weighted by atomic mass is 32.2. The molecule has 0 bridgehead atoms. The number of nitriles is 2. The van der Waals surface area contributed by atoms with E-state index in [0.29, 0.717) is 6.07 Å². The molecule has 0 aliphatic carbocycles. The van der Waals surface area contributed by atoms with E-state index in [1.807, 2.05) is 0 Å². The highest BCUT2D eigenvalue weighted by Gasteiger charge is 2.51. The number of nitrogens with zero attached hydrogens (tertiary/aromatic N) is 2. The average Bonchev–Trinajstić information content (AvgIpc) is 2.45. The summed E-state index contributed by atoms with van der Waals surface area (Å²) < 4.78 is 125. The van der Waals surface area contributed by atoms with Gasteiger partial charge in [-0.05, 0) is 12.1 Å². The third-order valence-electron chi connectivity index (χ3n) is 2.31. The third kappa shape index (κ3) is 4.09. The summed E-state index contributed by atoms with van der Waals surface area (Å²) in [6, 6.07) is 2.96. The summed E-state index contributed by atoms with van der Waals surface area (Å²) in [6.07, 6.45) is 0. The molecule has 0 N–H and O–H groups in total. The van der Waals surface area contributed by atoms with Crippen molar-refractivity contribution >= 4 is 20.2 Å². The first-order chi connectivity index (χ1) is 11.6. The Bertz CT molecular complexity index is 1010. The molecule has 0 saturated carbocycles. The Morgan fingerprint density at radius 3 is 1.65 bits per heavy atom. The lowest BCUT2D eigenvalue weighted by atomic mass is 10.1. The zero-order valence-corrected chi connectivity index (χ0v) is 13.2. The van der Waals surface area contributed by atoms with Crippen LogP contribution in [0.5, 0.6) is 11.5 Å². The van der Waals surface area contributed by atoms with Crippen LogP contribution in [0, 0.1) is 22.7 Å². The van der Waals surface area contributed by atoms with E-state index in [1.54, 1.807) is 0 Å². The van der Waals surface area contributed by atoms with Crippen LogP contribution in [0.3, 0.4) is 0 Å². The van der Waals surface area contributed by atoms with E-state index in [9.17, 15) is 43.2 Å². The molecule has 0 aromatic heterocycles. The molecule has 8 nitrogen and oxygen atoms in total. The van der Waals surface area contributed by atoms with Gasteiger partial charge in [0, 0.05) is 0 Å². The molecular weight excluding hydrogens is 422 g/mol. The monoisotopic (exact) mass is 424 g/mol. The predicted octanol–water partition coefficient (Wildman–Crippen LogP) is 1.89. The first kappa shape index (κ1) is 21.3. The first-order valence-corrected chi connectivity index (χ1v) is 8.37. The predicted molar refractivity (Wildman–Crippen MR) is 67.1 cm³/mol. The molecule has 0 heterocycles. The molecule has 0 aliphatic heterocycles. The molecule has 0 aliphatic rings. The van der Waals surface area contributed by atoms with Crippen molar-refractivity contribution in [2.75, 3.05) is 0 Å². The minimum absolute atomic E-state index is 0.212. The number of benzene rings is 1. The second-order valence-corrected chi connectivity index (χ2v) is 7.08. The van der Waals surface area contributed by atoms with Crippen LogP contribution in [-0.2, 0) is 20.2 Å². The number of hydrogen-bond donors (Lipinski definition) is 0. The zero-order valence-electron chi connectivity index (χ0n) is 11.6. The van der Waals surface area contributed by atoms with Crippen LogP contribution in [0.2, 0.25) is 0 Å². The van der Waals surface area contributed by atoms with Gasteiger partial charge in [0.2, 0.25) is 5.75 Å². The van der Waals surface area contributed by atoms with Crippen molar-refractivity contribution in [3.63, 3.8) is 0 Å². The fraction of sp³-hybridized carbons (Fsp3) is 0.200. The summed E-state index contributed by atoms with van der Waals surface area (Å²) >= 11 is 0. The van der Waals surface area contributed by atoms with E-state index in [4.69, 9.17) is 10.5 Å². The second kappa shape index (κ2) is 6.54. The maximum absolute atomic E-state index is 12.4. The van der Waals surface area contributed by atoms with Gasteiger partial charge in [-0.15, -0.1) is 0 Å². The fourth-order valence-corrected chi connectivity index (χ4v) is 2.18. The largest absolute Gasteiger partial charge is 0.534 e. The van der Waals surface area contributed by atoms with Crippen molar-refractivity contribution in [1.29, 1.82) is 10.5 Å². The Hall–Kier alpha value is -2.72. The minimum atomic E-state index is -6.54. The molecule has 16 heteroatoms. The molecule has 0 radical (unpaired) electrons. The summed E-state index contributed by atoms with van der Waals surface area (Å²) in [6.45, 7) is 0. The van der Waals surface area contributed by atoms with Gasteiger partial charge in [-0.2, -0.15) is 53.7 Å². The molecular formula is C10H2F6N2O6S2. The normalized spacial score (nSPS) is 12.8. The lowest BCUT2D eigenvalue weighted by Gasteiger charge is -2.15. The van der Waals surface area contributed by atoms with Gasteiger partial charge in [-0.3, -0.25) is 0 Å². The molecule has 0 saturated heterocycles. The maximum Gasteiger partial charge on any atom is 0.534 e. The molecule has 142 valence electrons. The van der Waals surface area contributed by atoms with E-state index in [0.717, 1.165) is 6.07 Å². The lowest BCUT2D eigenvalue weighted by Crippen LogP contribution is -2.30. The van der Waals surface area contributed by atoms with E-state index in [-0.39, 0.29) is 6.07 Å². The molecule has 0 atom stereocenters. The molecule has 0 fully saturated rings. The molecule has 26 heavy (non-hydrogen) atoms. The lowest BCUT2D eigenvalue weighted by molar-refractivity contribution is -0.0513. The van der Waals surface area contributed by atoms with Crippen molar-refractivity contribution in [3.05, 3.63) is 23.3 Å². The van der Waals surface area contributed by atoms with Crippen LogP contribution in [0.15, 0.2) is 12.1 Å². The van der Waals surface area contributed by atoms with Gasteiger partial charge in [0.15, 0.2) is 5.75 Å². The van der Waals surface area contributed by atoms with Crippen molar-refractivity contribution in [2.45, 2.75) is 11.0 Å². The molecule has 0 unspecified atom stereocenters. The SMILES string of the molecule is N#Cc1ccc(OS(=O)(=O)C(F)(F)F)c(OS(=O)(=O)C(F)(F)F)c1C#N. The van der Waals surface area contributed by atoms with Crippen LogP contribution >= 0.6 is 0 Å². The Kier molecular flexibility index (Phi) is 5.36. The number of alkyl halides is 6.